The largest absolute Gasteiger partial charge is 0.372 e. The highest BCUT2D eigenvalue weighted by molar-refractivity contribution is 7.89. The molecule has 10 heteroatoms. The molecule has 1 saturated heterocycles. The van der Waals surface area contributed by atoms with E-state index < -0.39 is 10.0 Å². The zero-order chi connectivity index (χ0) is 19.6. The Bertz CT molecular complexity index is 905. The lowest BCUT2D eigenvalue weighted by atomic mass is 10.2. The number of hydrogen-bond donors (Lipinski definition) is 2. The zero-order valence-electron chi connectivity index (χ0n) is 15.0. The summed E-state index contributed by atoms with van der Waals surface area (Å²) in [6.45, 7) is 5.51. The molecule has 0 aliphatic carbocycles. The number of nitrogens with one attached hydrogen (secondary N) is 1. The molecule has 1 amide bonds. The van der Waals surface area contributed by atoms with Crippen LogP contribution in [-0.4, -0.2) is 49.6 Å². The van der Waals surface area contributed by atoms with Crippen LogP contribution in [0.5, 0.6) is 0 Å². The fraction of sp³-hybridized carbons (Fsp3) is 0.353. The molecule has 3 rings (SSSR count). The molecule has 0 spiro atoms. The molecule has 0 aromatic carbocycles. The maximum absolute atomic E-state index is 12.3. The molecule has 2 unspecified atom stereocenters. The lowest BCUT2D eigenvalue weighted by molar-refractivity contribution is -0.00546. The molecular formula is C17H21N5O4S. The summed E-state index contributed by atoms with van der Waals surface area (Å²) >= 11 is 0. The number of rotatable bonds is 4. The van der Waals surface area contributed by atoms with Crippen LogP contribution in [0.15, 0.2) is 41.7 Å². The van der Waals surface area contributed by atoms with Crippen LogP contribution in [-0.2, 0) is 14.8 Å². The van der Waals surface area contributed by atoms with Crippen molar-refractivity contribution in [2.75, 3.05) is 23.3 Å². The Hall–Kier alpha value is -2.56. The normalized spacial score (nSPS) is 20.3. The van der Waals surface area contributed by atoms with Crippen LogP contribution < -0.4 is 15.4 Å². The Balaban J connectivity index is 1.67. The van der Waals surface area contributed by atoms with Crippen LogP contribution in [0, 0.1) is 0 Å². The highest BCUT2D eigenvalue weighted by atomic mass is 32.2. The standard InChI is InChI=1S/C17H21N5O4S/c1-11-9-22(10-12(2)26-11)15-5-3-13(7-19-15)17(23)21-14-4-6-16(20-8-14)27(18,24)25/h3-8,11-12H,9-10H2,1-2H3,(H,21,23)(H2,18,24,25). The van der Waals surface area contributed by atoms with Gasteiger partial charge >= 0.3 is 0 Å². The van der Waals surface area contributed by atoms with E-state index in [1.54, 1.807) is 12.1 Å². The molecule has 3 heterocycles. The van der Waals surface area contributed by atoms with E-state index in [-0.39, 0.29) is 23.1 Å². The first kappa shape index (κ1) is 19.2. The zero-order valence-corrected chi connectivity index (χ0v) is 15.8. The summed E-state index contributed by atoms with van der Waals surface area (Å²) in [5, 5.41) is 7.37. The van der Waals surface area contributed by atoms with Crippen molar-refractivity contribution in [3.05, 3.63) is 42.2 Å². The van der Waals surface area contributed by atoms with Crippen LogP contribution in [0.4, 0.5) is 11.5 Å². The molecule has 1 fully saturated rings. The number of nitrogens with zero attached hydrogens (tertiary/aromatic N) is 3. The molecule has 2 aromatic rings. The third-order valence-corrected chi connectivity index (χ3v) is 4.86. The van der Waals surface area contributed by atoms with Crippen molar-refractivity contribution in [2.24, 2.45) is 5.14 Å². The summed E-state index contributed by atoms with van der Waals surface area (Å²) in [5.41, 5.74) is 0.732. The molecule has 2 atom stereocenters. The minimum absolute atomic E-state index is 0.117. The number of carbonyl (C=O) groups is 1. The lowest BCUT2D eigenvalue weighted by Gasteiger charge is -2.36. The number of pyridine rings is 2. The van der Waals surface area contributed by atoms with Crippen molar-refractivity contribution in [1.29, 1.82) is 0 Å². The highest BCUT2D eigenvalue weighted by Gasteiger charge is 2.23. The minimum Gasteiger partial charge on any atom is -0.372 e. The average molecular weight is 391 g/mol. The maximum atomic E-state index is 12.3. The summed E-state index contributed by atoms with van der Waals surface area (Å²) in [5.74, 6) is 0.413. The summed E-state index contributed by atoms with van der Waals surface area (Å²) in [7, 11) is -3.87. The van der Waals surface area contributed by atoms with Gasteiger partial charge in [-0.05, 0) is 38.1 Å². The Morgan fingerprint density at radius 2 is 1.85 bits per heavy atom. The minimum atomic E-state index is -3.87. The van der Waals surface area contributed by atoms with E-state index in [1.165, 1.54) is 24.5 Å². The van der Waals surface area contributed by atoms with Crippen LogP contribution in [0.1, 0.15) is 24.2 Å². The second kappa shape index (κ2) is 7.59. The van der Waals surface area contributed by atoms with Gasteiger partial charge < -0.3 is 15.0 Å². The molecule has 1 aliphatic rings. The second-order valence-electron chi connectivity index (χ2n) is 6.45. The smallest absolute Gasteiger partial charge is 0.257 e. The van der Waals surface area contributed by atoms with Gasteiger partial charge in [-0.2, -0.15) is 0 Å². The summed E-state index contributed by atoms with van der Waals surface area (Å²) < 4.78 is 28.1. The van der Waals surface area contributed by atoms with Crippen molar-refractivity contribution in [3.8, 4) is 0 Å². The number of hydrogen-bond acceptors (Lipinski definition) is 7. The molecule has 0 saturated carbocycles. The molecular weight excluding hydrogens is 370 g/mol. The third-order valence-electron chi connectivity index (χ3n) is 4.04. The van der Waals surface area contributed by atoms with Gasteiger partial charge in [-0.25, -0.2) is 23.5 Å². The molecule has 27 heavy (non-hydrogen) atoms. The van der Waals surface area contributed by atoms with Gasteiger partial charge in [0.05, 0.1) is 29.7 Å². The van der Waals surface area contributed by atoms with Crippen LogP contribution in [0.25, 0.3) is 0 Å². The van der Waals surface area contributed by atoms with E-state index in [9.17, 15) is 13.2 Å². The van der Waals surface area contributed by atoms with Gasteiger partial charge in [-0.15, -0.1) is 0 Å². The highest BCUT2D eigenvalue weighted by Crippen LogP contribution is 2.19. The lowest BCUT2D eigenvalue weighted by Crippen LogP contribution is -2.45. The van der Waals surface area contributed by atoms with Crippen molar-refractivity contribution >= 4 is 27.4 Å². The number of amides is 1. The number of carbonyl (C=O) groups excluding carboxylic acids is 1. The van der Waals surface area contributed by atoms with Crippen LogP contribution in [0.3, 0.4) is 0 Å². The number of sulfonamides is 1. The van der Waals surface area contributed by atoms with E-state index in [0.717, 1.165) is 18.9 Å². The summed E-state index contributed by atoms with van der Waals surface area (Å²) in [6, 6.07) is 6.13. The van der Waals surface area contributed by atoms with Gasteiger partial charge in [0, 0.05) is 19.3 Å². The molecule has 0 bridgehead atoms. The Morgan fingerprint density at radius 3 is 2.37 bits per heavy atom. The SMILES string of the molecule is CC1CN(c2ccc(C(=O)Nc3ccc(S(N)(=O)=O)nc3)cn2)CC(C)O1. The van der Waals surface area contributed by atoms with Crippen molar-refractivity contribution in [2.45, 2.75) is 31.1 Å². The van der Waals surface area contributed by atoms with E-state index in [2.05, 4.69) is 20.2 Å². The van der Waals surface area contributed by atoms with Gasteiger partial charge in [0.2, 0.25) is 0 Å². The topological polar surface area (TPSA) is 128 Å². The average Bonchev–Trinajstić information content (AvgIpc) is 2.61. The molecule has 0 radical (unpaired) electrons. The van der Waals surface area contributed by atoms with Gasteiger partial charge in [-0.1, -0.05) is 0 Å². The molecule has 9 nitrogen and oxygen atoms in total. The van der Waals surface area contributed by atoms with Gasteiger partial charge in [0.1, 0.15) is 5.82 Å². The second-order valence-corrected chi connectivity index (χ2v) is 7.96. The van der Waals surface area contributed by atoms with E-state index in [4.69, 9.17) is 9.88 Å². The Kier molecular flexibility index (Phi) is 5.40. The fourth-order valence-electron chi connectivity index (χ4n) is 2.90. The maximum Gasteiger partial charge on any atom is 0.257 e. The number of ether oxygens (including phenoxy) is 1. The first-order chi connectivity index (χ1) is 12.7. The van der Waals surface area contributed by atoms with E-state index in [1.807, 2.05) is 13.8 Å². The van der Waals surface area contributed by atoms with E-state index in [0.29, 0.717) is 11.3 Å². The number of anilines is 2. The predicted octanol–water partition coefficient (Wildman–Crippen LogP) is 0.990. The Labute approximate surface area is 157 Å². The van der Waals surface area contributed by atoms with Crippen molar-refractivity contribution in [1.82, 2.24) is 9.97 Å². The number of morpholine rings is 1. The number of nitrogens with two attached hydrogens (primary N) is 1. The van der Waals surface area contributed by atoms with Gasteiger partial charge in [-0.3, -0.25) is 4.79 Å². The quantitative estimate of drug-likeness (QED) is 0.795. The molecule has 1 aliphatic heterocycles. The summed E-state index contributed by atoms with van der Waals surface area (Å²) in [4.78, 5) is 22.6. The summed E-state index contributed by atoms with van der Waals surface area (Å²) in [6.07, 6.45) is 2.97. The predicted molar refractivity (Wildman–Crippen MR) is 100 cm³/mol. The third kappa shape index (κ3) is 4.79. The van der Waals surface area contributed by atoms with Gasteiger partial charge in [0.25, 0.3) is 15.9 Å². The number of primary sulfonamides is 1. The molecule has 2 aromatic heterocycles. The monoisotopic (exact) mass is 391 g/mol. The van der Waals surface area contributed by atoms with Crippen molar-refractivity contribution < 1.29 is 17.9 Å². The first-order valence-corrected chi connectivity index (χ1v) is 9.93. The molecule has 144 valence electrons. The van der Waals surface area contributed by atoms with E-state index >= 15 is 0 Å². The molecule has 3 N–H and O–H groups in total. The van der Waals surface area contributed by atoms with Gasteiger partial charge in [0.15, 0.2) is 5.03 Å². The number of aromatic nitrogens is 2. The first-order valence-electron chi connectivity index (χ1n) is 8.39. The van der Waals surface area contributed by atoms with Crippen molar-refractivity contribution in [3.63, 3.8) is 0 Å². The Morgan fingerprint density at radius 1 is 1.15 bits per heavy atom. The van der Waals surface area contributed by atoms with Crippen LogP contribution >= 0.6 is 0 Å². The van der Waals surface area contributed by atoms with Crippen LogP contribution in [0.2, 0.25) is 0 Å². The fourth-order valence-corrected chi connectivity index (χ4v) is 3.36.